The molecule has 106 valence electrons. The van der Waals surface area contributed by atoms with Crippen molar-refractivity contribution in [1.82, 2.24) is 5.32 Å². The van der Waals surface area contributed by atoms with Crippen LogP contribution < -0.4 is 5.32 Å². The van der Waals surface area contributed by atoms with E-state index in [1.54, 1.807) is 0 Å². The minimum atomic E-state index is -0.660. The van der Waals surface area contributed by atoms with Crippen LogP contribution >= 0.6 is 0 Å². The second kappa shape index (κ2) is 7.78. The molecule has 0 heterocycles. The molecular formula is C15H29NO2. The maximum absolute atomic E-state index is 11.1. The zero-order valence-electron chi connectivity index (χ0n) is 12.0. The van der Waals surface area contributed by atoms with Crippen molar-refractivity contribution in [3.63, 3.8) is 0 Å². The summed E-state index contributed by atoms with van der Waals surface area (Å²) in [5.41, 5.74) is -0.135. The smallest absolute Gasteiger partial charge is 0.305 e. The molecule has 2 atom stereocenters. The number of carboxylic acid groups (broad SMARTS) is 1. The third-order valence-electron chi connectivity index (χ3n) is 4.24. The molecule has 0 aliphatic heterocycles. The van der Waals surface area contributed by atoms with E-state index in [2.05, 4.69) is 19.2 Å². The topological polar surface area (TPSA) is 49.3 Å². The van der Waals surface area contributed by atoms with Gasteiger partial charge in [0.1, 0.15) is 0 Å². The van der Waals surface area contributed by atoms with Crippen LogP contribution in [0.1, 0.15) is 71.6 Å². The summed E-state index contributed by atoms with van der Waals surface area (Å²) in [6.45, 7) is 5.31. The number of nitrogens with one attached hydrogen (secondary N) is 1. The van der Waals surface area contributed by atoms with Crippen molar-refractivity contribution in [2.24, 2.45) is 5.92 Å². The van der Waals surface area contributed by atoms with Crippen molar-refractivity contribution in [2.75, 3.05) is 6.54 Å². The van der Waals surface area contributed by atoms with E-state index >= 15 is 0 Å². The Hall–Kier alpha value is -0.570. The standard InChI is InChI=1S/C15H29NO2/c1-3-6-13-7-5-9-15(10-8-13,12-14(17)18)16-11-4-2/h13,16H,3-12H2,1-2H3,(H,17,18). The zero-order chi connectivity index (χ0) is 13.4. The maximum Gasteiger partial charge on any atom is 0.305 e. The van der Waals surface area contributed by atoms with Crippen LogP contribution in [0.15, 0.2) is 0 Å². The molecule has 0 saturated heterocycles. The molecular weight excluding hydrogens is 226 g/mol. The van der Waals surface area contributed by atoms with Crippen molar-refractivity contribution in [2.45, 2.75) is 77.2 Å². The van der Waals surface area contributed by atoms with Crippen molar-refractivity contribution in [1.29, 1.82) is 0 Å². The Bertz CT molecular complexity index is 255. The molecule has 0 radical (unpaired) electrons. The van der Waals surface area contributed by atoms with Gasteiger partial charge in [0.2, 0.25) is 0 Å². The van der Waals surface area contributed by atoms with Gasteiger partial charge in [-0.2, -0.15) is 0 Å². The van der Waals surface area contributed by atoms with Gasteiger partial charge in [-0.25, -0.2) is 0 Å². The summed E-state index contributed by atoms with van der Waals surface area (Å²) in [7, 11) is 0. The van der Waals surface area contributed by atoms with Crippen molar-refractivity contribution < 1.29 is 9.90 Å². The number of carboxylic acids is 1. The Morgan fingerprint density at radius 2 is 2.06 bits per heavy atom. The summed E-state index contributed by atoms with van der Waals surface area (Å²) in [5.74, 6) is 0.154. The van der Waals surface area contributed by atoms with Gasteiger partial charge in [0.05, 0.1) is 6.42 Å². The molecule has 0 aromatic carbocycles. The number of hydrogen-bond acceptors (Lipinski definition) is 2. The van der Waals surface area contributed by atoms with Gasteiger partial charge >= 0.3 is 5.97 Å². The van der Waals surface area contributed by atoms with Gasteiger partial charge < -0.3 is 10.4 Å². The van der Waals surface area contributed by atoms with Crippen LogP contribution in [0.4, 0.5) is 0 Å². The van der Waals surface area contributed by atoms with E-state index in [0.717, 1.165) is 31.7 Å². The highest BCUT2D eigenvalue weighted by Crippen LogP contribution is 2.34. The number of aliphatic carboxylic acids is 1. The van der Waals surface area contributed by atoms with Crippen molar-refractivity contribution in [3.8, 4) is 0 Å². The lowest BCUT2D eigenvalue weighted by Crippen LogP contribution is -2.47. The van der Waals surface area contributed by atoms with Crippen LogP contribution in [0.25, 0.3) is 0 Å². The average molecular weight is 255 g/mol. The molecule has 3 nitrogen and oxygen atoms in total. The summed E-state index contributed by atoms with van der Waals surface area (Å²) in [5, 5.41) is 12.7. The first-order valence-corrected chi connectivity index (χ1v) is 7.58. The highest BCUT2D eigenvalue weighted by Gasteiger charge is 2.34. The first kappa shape index (κ1) is 15.5. The van der Waals surface area contributed by atoms with E-state index in [-0.39, 0.29) is 12.0 Å². The van der Waals surface area contributed by atoms with Crippen LogP contribution in [0.5, 0.6) is 0 Å². The molecule has 0 amide bonds. The maximum atomic E-state index is 11.1. The molecule has 2 unspecified atom stereocenters. The number of hydrogen-bond donors (Lipinski definition) is 2. The molecule has 0 aromatic heterocycles. The highest BCUT2D eigenvalue weighted by atomic mass is 16.4. The summed E-state index contributed by atoms with van der Waals surface area (Å²) < 4.78 is 0. The quantitative estimate of drug-likeness (QED) is 0.684. The fraction of sp³-hybridized carbons (Fsp3) is 0.933. The van der Waals surface area contributed by atoms with Gasteiger partial charge in [0.15, 0.2) is 0 Å². The summed E-state index contributed by atoms with van der Waals surface area (Å²) in [6.07, 6.45) is 9.61. The highest BCUT2D eigenvalue weighted by molar-refractivity contribution is 5.68. The van der Waals surface area contributed by atoms with Crippen molar-refractivity contribution >= 4 is 5.97 Å². The van der Waals surface area contributed by atoms with E-state index in [4.69, 9.17) is 5.11 Å². The van der Waals surface area contributed by atoms with Gasteiger partial charge in [-0.05, 0) is 38.1 Å². The van der Waals surface area contributed by atoms with E-state index in [1.165, 1.54) is 32.1 Å². The molecule has 0 spiro atoms. The van der Waals surface area contributed by atoms with E-state index in [9.17, 15) is 4.79 Å². The van der Waals surface area contributed by atoms with E-state index in [0.29, 0.717) is 0 Å². The van der Waals surface area contributed by atoms with Gasteiger partial charge in [-0.15, -0.1) is 0 Å². The Balaban J connectivity index is 2.61. The lowest BCUT2D eigenvalue weighted by molar-refractivity contribution is -0.139. The van der Waals surface area contributed by atoms with Crippen molar-refractivity contribution in [3.05, 3.63) is 0 Å². The second-order valence-electron chi connectivity index (χ2n) is 5.86. The Labute approximate surface area is 111 Å². The third-order valence-corrected chi connectivity index (χ3v) is 4.24. The second-order valence-corrected chi connectivity index (χ2v) is 5.86. The molecule has 0 aromatic rings. The fourth-order valence-electron chi connectivity index (χ4n) is 3.27. The molecule has 1 rings (SSSR count). The van der Waals surface area contributed by atoms with Gasteiger partial charge in [-0.1, -0.05) is 39.5 Å². The van der Waals surface area contributed by atoms with Crippen LogP contribution in [-0.2, 0) is 4.79 Å². The Kier molecular flexibility index (Phi) is 6.69. The molecule has 18 heavy (non-hydrogen) atoms. The molecule has 1 fully saturated rings. The van der Waals surface area contributed by atoms with Gasteiger partial charge in [0, 0.05) is 5.54 Å². The third kappa shape index (κ3) is 4.97. The van der Waals surface area contributed by atoms with E-state index in [1.807, 2.05) is 0 Å². The monoisotopic (exact) mass is 255 g/mol. The molecule has 1 saturated carbocycles. The first-order valence-electron chi connectivity index (χ1n) is 7.58. The summed E-state index contributed by atoms with van der Waals surface area (Å²) in [4.78, 5) is 11.1. The molecule has 3 heteroatoms. The summed E-state index contributed by atoms with van der Waals surface area (Å²) in [6, 6.07) is 0. The lowest BCUT2D eigenvalue weighted by atomic mass is 9.85. The Morgan fingerprint density at radius 3 is 2.67 bits per heavy atom. The van der Waals surface area contributed by atoms with Gasteiger partial charge in [0.25, 0.3) is 0 Å². The first-order chi connectivity index (χ1) is 8.62. The number of carbonyl (C=O) groups is 1. The SMILES string of the molecule is CCCNC1(CC(=O)O)CCCC(CCC)CC1. The zero-order valence-corrected chi connectivity index (χ0v) is 12.0. The predicted octanol–water partition coefficient (Wildman–Crippen LogP) is 3.58. The normalized spacial score (nSPS) is 28.9. The summed E-state index contributed by atoms with van der Waals surface area (Å²) >= 11 is 0. The molecule has 2 N–H and O–H groups in total. The molecule has 0 bridgehead atoms. The lowest BCUT2D eigenvalue weighted by Gasteiger charge is -2.33. The molecule has 1 aliphatic carbocycles. The largest absolute Gasteiger partial charge is 0.481 e. The van der Waals surface area contributed by atoms with Crippen LogP contribution in [0.2, 0.25) is 0 Å². The predicted molar refractivity (Wildman–Crippen MR) is 74.8 cm³/mol. The van der Waals surface area contributed by atoms with Crippen LogP contribution in [0, 0.1) is 5.92 Å². The Morgan fingerprint density at radius 1 is 1.28 bits per heavy atom. The average Bonchev–Trinajstić information content (AvgIpc) is 2.50. The fourth-order valence-corrected chi connectivity index (χ4v) is 3.27. The van der Waals surface area contributed by atoms with Gasteiger partial charge in [-0.3, -0.25) is 4.79 Å². The van der Waals surface area contributed by atoms with Crippen LogP contribution in [-0.4, -0.2) is 23.2 Å². The minimum absolute atomic E-state index is 0.135. The van der Waals surface area contributed by atoms with Crippen LogP contribution in [0.3, 0.4) is 0 Å². The number of rotatable bonds is 7. The molecule has 1 aliphatic rings. The van der Waals surface area contributed by atoms with E-state index < -0.39 is 5.97 Å². The minimum Gasteiger partial charge on any atom is -0.481 e.